The normalized spacial score (nSPS) is 14.5. The fourth-order valence-corrected chi connectivity index (χ4v) is 2.24. The van der Waals surface area contributed by atoms with Crippen molar-refractivity contribution in [3.8, 4) is 0 Å². The molecule has 2 aromatic rings. The third-order valence-electron chi connectivity index (χ3n) is 3.35. The van der Waals surface area contributed by atoms with Gasteiger partial charge in [0.05, 0.1) is 10.5 Å². The maximum Gasteiger partial charge on any atom is 0.269 e. The van der Waals surface area contributed by atoms with E-state index in [4.69, 9.17) is 0 Å². The Balaban J connectivity index is 1.93. The molecule has 1 heterocycles. The quantitative estimate of drug-likeness (QED) is 0.408. The van der Waals surface area contributed by atoms with Crippen LogP contribution in [0.1, 0.15) is 15.9 Å². The summed E-state index contributed by atoms with van der Waals surface area (Å²) in [6.45, 7) is 0. The second kappa shape index (κ2) is 5.25. The molecular formula is C16H10N2O4. The number of hydrogen-bond acceptors (Lipinski definition) is 4. The summed E-state index contributed by atoms with van der Waals surface area (Å²) in [6.07, 6.45) is 1.25. The first-order valence-corrected chi connectivity index (χ1v) is 6.47. The molecule has 0 bridgehead atoms. The lowest BCUT2D eigenvalue weighted by Gasteiger charge is -1.99. The Labute approximate surface area is 125 Å². The molecule has 0 radical (unpaired) electrons. The number of nitrogens with one attached hydrogen (secondary N) is 1. The lowest BCUT2D eigenvalue weighted by molar-refractivity contribution is -0.384. The lowest BCUT2D eigenvalue weighted by atomic mass is 10.0. The molecule has 0 atom stereocenters. The van der Waals surface area contributed by atoms with Gasteiger partial charge in [0, 0.05) is 28.9 Å². The number of benzene rings is 2. The van der Waals surface area contributed by atoms with E-state index in [1.165, 1.54) is 30.3 Å². The highest BCUT2D eigenvalue weighted by molar-refractivity contribution is 6.35. The molecule has 6 heteroatoms. The number of nitrogens with zero attached hydrogens (tertiary/aromatic N) is 1. The van der Waals surface area contributed by atoms with Crippen LogP contribution in [0, 0.1) is 10.1 Å². The van der Waals surface area contributed by atoms with Gasteiger partial charge >= 0.3 is 0 Å². The minimum Gasteiger partial charge on any atom is -0.321 e. The molecule has 0 fully saturated rings. The molecule has 0 saturated heterocycles. The van der Waals surface area contributed by atoms with Gasteiger partial charge in [0.1, 0.15) is 0 Å². The highest BCUT2D eigenvalue weighted by atomic mass is 16.6. The van der Waals surface area contributed by atoms with Crippen molar-refractivity contribution in [2.24, 2.45) is 0 Å². The maximum atomic E-state index is 12.2. The fourth-order valence-electron chi connectivity index (χ4n) is 2.24. The van der Waals surface area contributed by atoms with Crippen LogP contribution < -0.4 is 5.32 Å². The number of allylic oxidation sites excluding steroid dienone is 1. The first kappa shape index (κ1) is 13.7. The van der Waals surface area contributed by atoms with Crippen molar-refractivity contribution in [2.45, 2.75) is 0 Å². The van der Waals surface area contributed by atoms with Crippen molar-refractivity contribution >= 4 is 28.6 Å². The van der Waals surface area contributed by atoms with Crippen LogP contribution in [-0.2, 0) is 4.79 Å². The summed E-state index contributed by atoms with van der Waals surface area (Å²) in [6, 6.07) is 12.3. The highest BCUT2D eigenvalue weighted by Crippen LogP contribution is 2.31. The lowest BCUT2D eigenvalue weighted by Crippen LogP contribution is -2.06. The Morgan fingerprint density at radius 3 is 2.45 bits per heavy atom. The number of amides is 1. The SMILES string of the molecule is O=C1Nc2ccccc2C1=CC(=O)c1ccc([N+](=O)[O-])cc1. The van der Waals surface area contributed by atoms with E-state index in [0.29, 0.717) is 16.8 Å². The van der Waals surface area contributed by atoms with Crippen molar-refractivity contribution in [3.05, 3.63) is 75.8 Å². The topological polar surface area (TPSA) is 89.3 Å². The van der Waals surface area contributed by atoms with Gasteiger partial charge in [-0.15, -0.1) is 0 Å². The Morgan fingerprint density at radius 2 is 1.77 bits per heavy atom. The predicted octanol–water partition coefficient (Wildman–Crippen LogP) is 2.81. The summed E-state index contributed by atoms with van der Waals surface area (Å²) in [5.74, 6) is -0.715. The van der Waals surface area contributed by atoms with Gasteiger partial charge in [0.2, 0.25) is 0 Å². The van der Waals surface area contributed by atoms with Crippen molar-refractivity contribution in [3.63, 3.8) is 0 Å². The second-order valence-electron chi connectivity index (χ2n) is 4.73. The van der Waals surface area contributed by atoms with E-state index in [1.807, 2.05) is 0 Å². The molecule has 0 saturated carbocycles. The van der Waals surface area contributed by atoms with E-state index in [1.54, 1.807) is 24.3 Å². The number of nitro groups is 1. The molecule has 22 heavy (non-hydrogen) atoms. The van der Waals surface area contributed by atoms with Gasteiger partial charge in [-0.1, -0.05) is 18.2 Å². The first-order chi connectivity index (χ1) is 10.6. The standard InChI is InChI=1S/C16H10N2O4/c19-15(10-5-7-11(8-6-10)18(21)22)9-13-12-3-1-2-4-14(12)17-16(13)20/h1-9H,(H,17,20). The van der Waals surface area contributed by atoms with Crippen LogP contribution >= 0.6 is 0 Å². The Morgan fingerprint density at radius 1 is 1.09 bits per heavy atom. The molecule has 0 spiro atoms. The van der Waals surface area contributed by atoms with E-state index in [-0.39, 0.29) is 22.9 Å². The van der Waals surface area contributed by atoms with Crippen molar-refractivity contribution in [1.29, 1.82) is 0 Å². The second-order valence-corrected chi connectivity index (χ2v) is 4.73. The third-order valence-corrected chi connectivity index (χ3v) is 3.35. The number of anilines is 1. The van der Waals surface area contributed by atoms with E-state index in [0.717, 1.165) is 0 Å². The van der Waals surface area contributed by atoms with Gasteiger partial charge in [-0.2, -0.15) is 0 Å². The Bertz CT molecular complexity index is 822. The van der Waals surface area contributed by atoms with Gasteiger partial charge in [0.25, 0.3) is 11.6 Å². The van der Waals surface area contributed by atoms with Crippen LogP contribution in [0.4, 0.5) is 11.4 Å². The predicted molar refractivity (Wildman–Crippen MR) is 80.5 cm³/mol. The minimum atomic E-state index is -0.534. The Hall–Kier alpha value is -3.28. The van der Waals surface area contributed by atoms with Gasteiger partial charge in [0.15, 0.2) is 5.78 Å². The van der Waals surface area contributed by atoms with Crippen LogP contribution in [0.3, 0.4) is 0 Å². The zero-order valence-corrected chi connectivity index (χ0v) is 11.3. The van der Waals surface area contributed by atoms with E-state index >= 15 is 0 Å². The largest absolute Gasteiger partial charge is 0.321 e. The number of nitro benzene ring substituents is 1. The molecule has 1 aliphatic rings. The smallest absolute Gasteiger partial charge is 0.269 e. The number of ketones is 1. The van der Waals surface area contributed by atoms with Gasteiger partial charge in [-0.3, -0.25) is 19.7 Å². The average molecular weight is 294 g/mol. The molecule has 1 aliphatic heterocycles. The molecule has 1 amide bonds. The zero-order valence-electron chi connectivity index (χ0n) is 11.3. The van der Waals surface area contributed by atoms with Crippen LogP contribution in [0.15, 0.2) is 54.6 Å². The van der Waals surface area contributed by atoms with Crippen LogP contribution in [-0.4, -0.2) is 16.6 Å². The first-order valence-electron chi connectivity index (χ1n) is 6.47. The van der Waals surface area contributed by atoms with E-state index in [2.05, 4.69) is 5.32 Å². The fraction of sp³-hybridized carbons (Fsp3) is 0. The van der Waals surface area contributed by atoms with Crippen LogP contribution in [0.5, 0.6) is 0 Å². The molecule has 1 N–H and O–H groups in total. The van der Waals surface area contributed by atoms with Crippen molar-refractivity contribution in [1.82, 2.24) is 0 Å². The van der Waals surface area contributed by atoms with E-state index < -0.39 is 4.92 Å². The molecular weight excluding hydrogens is 284 g/mol. The van der Waals surface area contributed by atoms with Gasteiger partial charge in [-0.25, -0.2) is 0 Å². The molecule has 6 nitrogen and oxygen atoms in total. The number of rotatable bonds is 3. The number of carbonyl (C=O) groups is 2. The van der Waals surface area contributed by atoms with Crippen LogP contribution in [0.2, 0.25) is 0 Å². The number of hydrogen-bond donors (Lipinski definition) is 1. The number of para-hydroxylation sites is 1. The summed E-state index contributed by atoms with van der Waals surface area (Å²) in [5, 5.41) is 13.3. The molecule has 3 rings (SSSR count). The molecule has 0 unspecified atom stereocenters. The van der Waals surface area contributed by atoms with Gasteiger partial charge in [-0.05, 0) is 24.3 Å². The number of carbonyl (C=O) groups excluding carboxylic acids is 2. The molecule has 108 valence electrons. The van der Waals surface area contributed by atoms with E-state index in [9.17, 15) is 19.7 Å². The summed E-state index contributed by atoms with van der Waals surface area (Å²) in [7, 11) is 0. The summed E-state index contributed by atoms with van der Waals surface area (Å²) >= 11 is 0. The molecule has 2 aromatic carbocycles. The average Bonchev–Trinajstić information content (AvgIpc) is 2.83. The minimum absolute atomic E-state index is 0.0897. The monoisotopic (exact) mass is 294 g/mol. The zero-order chi connectivity index (χ0) is 15.7. The third kappa shape index (κ3) is 2.37. The van der Waals surface area contributed by atoms with Crippen molar-refractivity contribution < 1.29 is 14.5 Å². The molecule has 0 aromatic heterocycles. The van der Waals surface area contributed by atoms with Crippen LogP contribution in [0.25, 0.3) is 5.57 Å². The number of non-ortho nitro benzene ring substituents is 1. The van der Waals surface area contributed by atoms with Gasteiger partial charge < -0.3 is 5.32 Å². The summed E-state index contributed by atoms with van der Waals surface area (Å²) in [4.78, 5) is 34.2. The Kier molecular flexibility index (Phi) is 3.27. The highest BCUT2D eigenvalue weighted by Gasteiger charge is 2.24. The molecule has 0 aliphatic carbocycles. The van der Waals surface area contributed by atoms with Crippen molar-refractivity contribution in [2.75, 3.05) is 5.32 Å². The summed E-state index contributed by atoms with van der Waals surface area (Å²) in [5.41, 5.74) is 1.82. The maximum absolute atomic E-state index is 12.2. The number of fused-ring (bicyclic) bond motifs is 1. The summed E-state index contributed by atoms with van der Waals surface area (Å²) < 4.78 is 0.